The van der Waals surface area contributed by atoms with Crippen molar-refractivity contribution in [3.05, 3.63) is 34.1 Å². The number of rotatable bonds is 6. The average Bonchev–Trinajstić information content (AvgIpc) is 2.43. The topological polar surface area (TPSA) is 136 Å². The number of benzene rings is 1. The Bertz CT molecular complexity index is 661. The van der Waals surface area contributed by atoms with Gasteiger partial charge in [0.25, 0.3) is 0 Å². The zero-order chi connectivity index (χ0) is 16.2. The number of ether oxygens (including phenoxy) is 1. The molecule has 21 heavy (non-hydrogen) atoms. The lowest BCUT2D eigenvalue weighted by Crippen LogP contribution is -2.43. The Kier molecular flexibility index (Phi) is 5.29. The fraction of sp³-hybridized carbons (Fsp3) is 0.300. The van der Waals surface area contributed by atoms with Crippen molar-refractivity contribution < 1.29 is 32.4 Å². The molecule has 0 saturated carbocycles. The summed E-state index contributed by atoms with van der Waals surface area (Å²) in [5.74, 6) is -2.25. The zero-order valence-electron chi connectivity index (χ0n) is 10.6. The highest BCUT2D eigenvalue weighted by molar-refractivity contribution is 7.89. The number of aliphatic hydroxyl groups is 1. The van der Waals surface area contributed by atoms with E-state index in [0.29, 0.717) is 12.1 Å². The second-order valence-electron chi connectivity index (χ2n) is 3.75. The Labute approximate surface area is 118 Å². The third-order valence-electron chi connectivity index (χ3n) is 2.39. The number of nitro groups is 1. The summed E-state index contributed by atoms with van der Waals surface area (Å²) in [6.07, 6.45) is 0. The van der Waals surface area contributed by atoms with Gasteiger partial charge in [0, 0.05) is 6.07 Å². The summed E-state index contributed by atoms with van der Waals surface area (Å²) in [5.41, 5.74) is -1.03. The van der Waals surface area contributed by atoms with Gasteiger partial charge in [-0.05, 0) is 12.1 Å². The van der Waals surface area contributed by atoms with Gasteiger partial charge in [-0.15, -0.1) is 0 Å². The van der Waals surface area contributed by atoms with Crippen LogP contribution in [0.3, 0.4) is 0 Å². The molecule has 0 aliphatic heterocycles. The van der Waals surface area contributed by atoms with Gasteiger partial charge in [-0.3, -0.25) is 14.9 Å². The Morgan fingerprint density at radius 1 is 1.57 bits per heavy atom. The molecule has 0 radical (unpaired) electrons. The van der Waals surface area contributed by atoms with E-state index in [9.17, 15) is 27.7 Å². The fourth-order valence-electron chi connectivity index (χ4n) is 1.36. The summed E-state index contributed by atoms with van der Waals surface area (Å²) < 4.78 is 43.1. The molecule has 0 aliphatic carbocycles. The molecule has 1 aromatic carbocycles. The van der Waals surface area contributed by atoms with E-state index in [1.165, 1.54) is 0 Å². The van der Waals surface area contributed by atoms with Crippen LogP contribution in [0.2, 0.25) is 0 Å². The largest absolute Gasteiger partial charge is 0.468 e. The SMILES string of the molecule is COC(=O)C(CO)NS(=O)(=O)c1ccc(F)c([N+](=O)[O-])c1. The monoisotopic (exact) mass is 322 g/mol. The molecule has 0 saturated heterocycles. The number of nitro benzene ring substituents is 1. The van der Waals surface area contributed by atoms with Crippen molar-refractivity contribution in [1.29, 1.82) is 0 Å². The smallest absolute Gasteiger partial charge is 0.326 e. The molecule has 11 heteroatoms. The summed E-state index contributed by atoms with van der Waals surface area (Å²) in [7, 11) is -3.39. The number of aliphatic hydroxyl groups excluding tert-OH is 1. The Morgan fingerprint density at radius 2 is 2.19 bits per heavy atom. The van der Waals surface area contributed by atoms with Crippen LogP contribution < -0.4 is 4.72 Å². The van der Waals surface area contributed by atoms with Crippen LogP contribution >= 0.6 is 0 Å². The molecule has 0 aromatic heterocycles. The standard InChI is InChI=1S/C10H11FN2O7S/c1-20-10(15)8(5-14)12-21(18,19)6-2-3-7(11)9(4-6)13(16)17/h2-4,8,12,14H,5H2,1H3. The van der Waals surface area contributed by atoms with Gasteiger partial charge >= 0.3 is 11.7 Å². The number of esters is 1. The van der Waals surface area contributed by atoms with Gasteiger partial charge in [0.2, 0.25) is 15.8 Å². The number of carbonyl (C=O) groups excluding carboxylic acids is 1. The van der Waals surface area contributed by atoms with E-state index in [2.05, 4.69) is 4.74 Å². The highest BCUT2D eigenvalue weighted by Crippen LogP contribution is 2.21. The minimum atomic E-state index is -4.38. The molecule has 0 aliphatic rings. The van der Waals surface area contributed by atoms with Gasteiger partial charge in [-0.1, -0.05) is 0 Å². The Balaban J connectivity index is 3.16. The van der Waals surface area contributed by atoms with E-state index in [-0.39, 0.29) is 0 Å². The second-order valence-corrected chi connectivity index (χ2v) is 5.46. The second kappa shape index (κ2) is 6.56. The molecule has 116 valence electrons. The van der Waals surface area contributed by atoms with Crippen molar-refractivity contribution in [3.8, 4) is 0 Å². The molecule has 1 unspecified atom stereocenters. The summed E-state index contributed by atoms with van der Waals surface area (Å²) in [6.45, 7) is -0.880. The average molecular weight is 322 g/mol. The van der Waals surface area contributed by atoms with Crippen LogP contribution in [0.25, 0.3) is 0 Å². The normalized spacial score (nSPS) is 12.7. The first-order valence-electron chi connectivity index (χ1n) is 5.38. The van der Waals surface area contributed by atoms with Gasteiger partial charge in [0.05, 0.1) is 23.5 Å². The maximum absolute atomic E-state index is 13.1. The Morgan fingerprint density at radius 3 is 2.67 bits per heavy atom. The summed E-state index contributed by atoms with van der Waals surface area (Å²) in [5, 5.41) is 19.5. The zero-order valence-corrected chi connectivity index (χ0v) is 11.5. The molecule has 1 rings (SSSR count). The van der Waals surface area contributed by atoms with Crippen LogP contribution in [0.5, 0.6) is 0 Å². The molecular formula is C10H11FN2O7S. The molecule has 9 nitrogen and oxygen atoms in total. The predicted molar refractivity (Wildman–Crippen MR) is 66.3 cm³/mol. The van der Waals surface area contributed by atoms with Crippen molar-refractivity contribution in [2.24, 2.45) is 0 Å². The molecular weight excluding hydrogens is 311 g/mol. The van der Waals surface area contributed by atoms with Crippen LogP contribution in [0.15, 0.2) is 23.1 Å². The lowest BCUT2D eigenvalue weighted by atomic mass is 10.3. The highest BCUT2D eigenvalue weighted by Gasteiger charge is 2.27. The molecule has 0 bridgehead atoms. The number of sulfonamides is 1. The molecule has 0 amide bonds. The first-order chi connectivity index (χ1) is 9.72. The van der Waals surface area contributed by atoms with Gasteiger partial charge in [0.1, 0.15) is 6.04 Å². The third kappa shape index (κ3) is 3.93. The number of nitrogens with zero attached hydrogens (tertiary/aromatic N) is 1. The van der Waals surface area contributed by atoms with E-state index in [1.54, 1.807) is 4.72 Å². The minimum Gasteiger partial charge on any atom is -0.468 e. The fourth-order valence-corrected chi connectivity index (χ4v) is 2.55. The third-order valence-corrected chi connectivity index (χ3v) is 3.86. The van der Waals surface area contributed by atoms with Crippen molar-refractivity contribution >= 4 is 21.7 Å². The number of hydrogen-bond acceptors (Lipinski definition) is 7. The quantitative estimate of drug-likeness (QED) is 0.411. The van der Waals surface area contributed by atoms with Crippen molar-refractivity contribution in [3.63, 3.8) is 0 Å². The van der Waals surface area contributed by atoms with E-state index >= 15 is 0 Å². The van der Waals surface area contributed by atoms with Crippen LogP contribution in [-0.4, -0.2) is 44.2 Å². The van der Waals surface area contributed by atoms with Gasteiger partial charge in [-0.2, -0.15) is 9.11 Å². The van der Waals surface area contributed by atoms with E-state index in [4.69, 9.17) is 5.11 Å². The number of carbonyl (C=O) groups is 1. The van der Waals surface area contributed by atoms with Gasteiger partial charge < -0.3 is 9.84 Å². The van der Waals surface area contributed by atoms with E-state index < -0.39 is 50.0 Å². The predicted octanol–water partition coefficient (Wildman–Crippen LogP) is -0.454. The molecule has 1 aromatic rings. The van der Waals surface area contributed by atoms with Gasteiger partial charge in [-0.25, -0.2) is 8.42 Å². The van der Waals surface area contributed by atoms with Crippen molar-refractivity contribution in [2.45, 2.75) is 10.9 Å². The first-order valence-corrected chi connectivity index (χ1v) is 6.86. The van der Waals surface area contributed by atoms with Crippen LogP contribution in [0.4, 0.5) is 10.1 Å². The lowest BCUT2D eigenvalue weighted by Gasteiger charge is -2.14. The van der Waals surface area contributed by atoms with E-state index in [0.717, 1.165) is 13.2 Å². The number of nitrogens with one attached hydrogen (secondary N) is 1. The maximum Gasteiger partial charge on any atom is 0.326 e. The summed E-state index contributed by atoms with van der Waals surface area (Å²) in [6, 6.07) is 0.322. The van der Waals surface area contributed by atoms with E-state index in [1.807, 2.05) is 0 Å². The number of halogens is 1. The van der Waals surface area contributed by atoms with Crippen LogP contribution in [-0.2, 0) is 19.6 Å². The maximum atomic E-state index is 13.1. The summed E-state index contributed by atoms with van der Waals surface area (Å²) >= 11 is 0. The first kappa shape index (κ1) is 16.9. The lowest BCUT2D eigenvalue weighted by molar-refractivity contribution is -0.387. The van der Waals surface area contributed by atoms with Crippen molar-refractivity contribution in [2.75, 3.05) is 13.7 Å². The number of hydrogen-bond donors (Lipinski definition) is 2. The van der Waals surface area contributed by atoms with Crippen LogP contribution in [0.1, 0.15) is 0 Å². The molecule has 0 heterocycles. The van der Waals surface area contributed by atoms with Crippen molar-refractivity contribution in [1.82, 2.24) is 4.72 Å². The molecule has 2 N–H and O–H groups in total. The van der Waals surface area contributed by atoms with Gasteiger partial charge in [0.15, 0.2) is 0 Å². The molecule has 1 atom stereocenters. The van der Waals surface area contributed by atoms with Crippen LogP contribution in [0, 0.1) is 15.9 Å². The summed E-state index contributed by atoms with van der Waals surface area (Å²) in [4.78, 5) is 20.1. The number of methoxy groups -OCH3 is 1. The Hall–Kier alpha value is -2.11. The minimum absolute atomic E-state index is 0.503. The highest BCUT2D eigenvalue weighted by atomic mass is 32.2. The molecule has 0 fully saturated rings. The molecule has 0 spiro atoms.